The first-order valence-electron chi connectivity index (χ1n) is 11.7. The first kappa shape index (κ1) is 23.1. The van der Waals surface area contributed by atoms with E-state index in [0.717, 1.165) is 83.3 Å². The summed E-state index contributed by atoms with van der Waals surface area (Å²) in [6.45, 7) is 9.83. The number of likely N-dealkylation sites (tertiary alicyclic amines) is 2. The van der Waals surface area contributed by atoms with Crippen LogP contribution >= 0.6 is 0 Å². The minimum absolute atomic E-state index is 0.355. The maximum Gasteiger partial charge on any atom is 0.193 e. The van der Waals surface area contributed by atoms with Crippen molar-refractivity contribution in [2.45, 2.75) is 57.6 Å². The van der Waals surface area contributed by atoms with Crippen LogP contribution in [-0.2, 0) is 15.9 Å². The maximum absolute atomic E-state index is 6.03. The summed E-state index contributed by atoms with van der Waals surface area (Å²) in [7, 11) is 1.74. The van der Waals surface area contributed by atoms with Gasteiger partial charge in [-0.05, 0) is 57.3 Å². The number of aliphatic imine (C=N–C) groups is 1. The predicted octanol–water partition coefficient (Wildman–Crippen LogP) is 2.77. The largest absolute Gasteiger partial charge is 0.469 e. The van der Waals surface area contributed by atoms with E-state index in [1.807, 2.05) is 12.1 Å². The van der Waals surface area contributed by atoms with E-state index in [0.29, 0.717) is 12.1 Å². The molecule has 2 aliphatic heterocycles. The van der Waals surface area contributed by atoms with Crippen LogP contribution in [0.25, 0.3) is 0 Å². The van der Waals surface area contributed by atoms with E-state index in [1.165, 1.54) is 19.4 Å². The van der Waals surface area contributed by atoms with Crippen molar-refractivity contribution in [3.05, 3.63) is 24.2 Å². The third-order valence-electron chi connectivity index (χ3n) is 6.18. The van der Waals surface area contributed by atoms with Gasteiger partial charge in [0.15, 0.2) is 5.96 Å². The highest BCUT2D eigenvalue weighted by Gasteiger charge is 2.25. The van der Waals surface area contributed by atoms with Crippen LogP contribution in [0.1, 0.15) is 44.8 Å². The Labute approximate surface area is 181 Å². The summed E-state index contributed by atoms with van der Waals surface area (Å²) in [5, 5.41) is 3.60. The Balaban J connectivity index is 1.50. The number of nitrogens with zero attached hydrogens (tertiary/aromatic N) is 3. The van der Waals surface area contributed by atoms with E-state index in [9.17, 15) is 0 Å². The lowest BCUT2D eigenvalue weighted by Gasteiger charge is -2.34. The lowest BCUT2D eigenvalue weighted by molar-refractivity contribution is 0.00988. The molecule has 0 bridgehead atoms. The maximum atomic E-state index is 6.03. The van der Waals surface area contributed by atoms with E-state index in [-0.39, 0.29) is 0 Å². The second-order valence-corrected chi connectivity index (χ2v) is 8.25. The first-order chi connectivity index (χ1) is 14.8. The Morgan fingerprint density at radius 1 is 1.23 bits per heavy atom. The summed E-state index contributed by atoms with van der Waals surface area (Å²) in [6, 6.07) is 4.56. The number of piperidine rings is 1. The van der Waals surface area contributed by atoms with Crippen LogP contribution in [0.5, 0.6) is 0 Å². The number of furan rings is 1. The number of hydrogen-bond donors (Lipinski definition) is 1. The fraction of sp³-hybridized carbons (Fsp3) is 0.783. The summed E-state index contributed by atoms with van der Waals surface area (Å²) in [4.78, 5) is 10.0. The smallest absolute Gasteiger partial charge is 0.193 e. The molecule has 0 aromatic carbocycles. The van der Waals surface area contributed by atoms with Crippen molar-refractivity contribution in [3.63, 3.8) is 0 Å². The molecule has 1 N–H and O–H groups in total. The van der Waals surface area contributed by atoms with Gasteiger partial charge in [0, 0.05) is 52.4 Å². The molecule has 0 aliphatic carbocycles. The molecule has 3 heterocycles. The molecule has 2 saturated heterocycles. The third kappa shape index (κ3) is 7.29. The van der Waals surface area contributed by atoms with Crippen molar-refractivity contribution >= 4 is 5.96 Å². The molecule has 2 fully saturated rings. The highest BCUT2D eigenvalue weighted by atomic mass is 16.5. The Morgan fingerprint density at radius 2 is 2.10 bits per heavy atom. The van der Waals surface area contributed by atoms with Gasteiger partial charge in [-0.3, -0.25) is 9.89 Å². The molecule has 7 heteroatoms. The summed E-state index contributed by atoms with van der Waals surface area (Å²) < 4.78 is 16.6. The predicted molar refractivity (Wildman–Crippen MR) is 120 cm³/mol. The van der Waals surface area contributed by atoms with Crippen molar-refractivity contribution in [2.75, 3.05) is 59.6 Å². The molecule has 30 heavy (non-hydrogen) atoms. The summed E-state index contributed by atoms with van der Waals surface area (Å²) >= 11 is 0. The normalized spacial score (nSPS) is 21.5. The molecular weight excluding hydrogens is 380 g/mol. The van der Waals surface area contributed by atoms with Crippen molar-refractivity contribution in [3.8, 4) is 0 Å². The van der Waals surface area contributed by atoms with Gasteiger partial charge >= 0.3 is 0 Å². The van der Waals surface area contributed by atoms with Crippen molar-refractivity contribution in [1.82, 2.24) is 15.1 Å². The molecule has 0 saturated carbocycles. The molecule has 0 amide bonds. The van der Waals surface area contributed by atoms with E-state index in [4.69, 9.17) is 18.9 Å². The van der Waals surface area contributed by atoms with Gasteiger partial charge in [-0.1, -0.05) is 6.92 Å². The SMILES string of the molecule is CCN1CCCC1CN=C(NCCc1ccco1)N1CCC(OCCCOC)CC1. The number of guanidine groups is 1. The van der Waals surface area contributed by atoms with E-state index >= 15 is 0 Å². The Kier molecular flexibility index (Phi) is 9.99. The minimum Gasteiger partial charge on any atom is -0.469 e. The lowest BCUT2D eigenvalue weighted by Crippen LogP contribution is -2.48. The molecule has 170 valence electrons. The van der Waals surface area contributed by atoms with Crippen molar-refractivity contribution < 1.29 is 13.9 Å². The molecular formula is C23H40N4O3. The minimum atomic E-state index is 0.355. The number of likely N-dealkylation sites (N-methyl/N-ethyl adjacent to an activating group) is 1. The molecule has 2 aliphatic rings. The first-order valence-corrected chi connectivity index (χ1v) is 11.7. The second-order valence-electron chi connectivity index (χ2n) is 8.25. The number of ether oxygens (including phenoxy) is 2. The highest BCUT2D eigenvalue weighted by molar-refractivity contribution is 5.80. The summed E-state index contributed by atoms with van der Waals surface area (Å²) in [6.07, 6.45) is 8.58. The number of hydrogen-bond acceptors (Lipinski definition) is 5. The summed E-state index contributed by atoms with van der Waals surface area (Å²) in [5.74, 6) is 2.06. The zero-order chi connectivity index (χ0) is 21.0. The fourth-order valence-electron chi connectivity index (χ4n) is 4.42. The van der Waals surface area contributed by atoms with Crippen LogP contribution in [-0.4, -0.2) is 87.5 Å². The Bertz CT molecular complexity index is 600. The van der Waals surface area contributed by atoms with Crippen LogP contribution in [0, 0.1) is 0 Å². The fourth-order valence-corrected chi connectivity index (χ4v) is 4.42. The van der Waals surface area contributed by atoms with Gasteiger partial charge in [0.05, 0.1) is 18.9 Å². The molecule has 0 spiro atoms. The molecule has 3 rings (SSSR count). The topological polar surface area (TPSA) is 62.5 Å². The van der Waals surface area contributed by atoms with Gasteiger partial charge in [0.25, 0.3) is 0 Å². The summed E-state index contributed by atoms with van der Waals surface area (Å²) in [5.41, 5.74) is 0. The quantitative estimate of drug-likeness (QED) is 0.337. The van der Waals surface area contributed by atoms with Gasteiger partial charge in [0.2, 0.25) is 0 Å². The van der Waals surface area contributed by atoms with Gasteiger partial charge in [-0.2, -0.15) is 0 Å². The Morgan fingerprint density at radius 3 is 2.83 bits per heavy atom. The van der Waals surface area contributed by atoms with Crippen molar-refractivity contribution in [2.24, 2.45) is 4.99 Å². The average molecular weight is 421 g/mol. The number of methoxy groups -OCH3 is 1. The second kappa shape index (κ2) is 13.0. The van der Waals surface area contributed by atoms with Gasteiger partial charge in [-0.25, -0.2) is 0 Å². The van der Waals surface area contributed by atoms with E-state index in [2.05, 4.69) is 22.0 Å². The standard InChI is InChI=1S/C23H40N4O3/c1-3-26-13-4-7-20(26)19-25-23(24-12-9-21-8-5-17-29-21)27-14-10-22(11-15-27)30-18-6-16-28-2/h5,8,17,20,22H,3-4,6-7,9-16,18-19H2,1-2H3,(H,24,25). The lowest BCUT2D eigenvalue weighted by atomic mass is 10.1. The van der Waals surface area contributed by atoms with Crippen LogP contribution < -0.4 is 5.32 Å². The molecule has 1 atom stereocenters. The van der Waals surface area contributed by atoms with Crippen LogP contribution in [0.15, 0.2) is 27.8 Å². The van der Waals surface area contributed by atoms with Gasteiger partial charge in [0.1, 0.15) is 5.76 Å². The van der Waals surface area contributed by atoms with Crippen LogP contribution in [0.4, 0.5) is 0 Å². The van der Waals surface area contributed by atoms with E-state index < -0.39 is 0 Å². The van der Waals surface area contributed by atoms with Gasteiger partial charge in [-0.15, -0.1) is 0 Å². The van der Waals surface area contributed by atoms with Crippen LogP contribution in [0.2, 0.25) is 0 Å². The van der Waals surface area contributed by atoms with Gasteiger partial charge < -0.3 is 24.1 Å². The van der Waals surface area contributed by atoms with Crippen molar-refractivity contribution in [1.29, 1.82) is 0 Å². The molecule has 1 unspecified atom stereocenters. The highest BCUT2D eigenvalue weighted by Crippen LogP contribution is 2.18. The molecule has 0 radical (unpaired) electrons. The zero-order valence-corrected chi connectivity index (χ0v) is 18.9. The molecule has 1 aromatic heterocycles. The van der Waals surface area contributed by atoms with E-state index in [1.54, 1.807) is 13.4 Å². The molecule has 7 nitrogen and oxygen atoms in total. The number of rotatable bonds is 11. The number of nitrogens with one attached hydrogen (secondary N) is 1. The average Bonchev–Trinajstić information content (AvgIpc) is 3.46. The third-order valence-corrected chi connectivity index (χ3v) is 6.18. The van der Waals surface area contributed by atoms with Crippen LogP contribution in [0.3, 0.4) is 0 Å². The monoisotopic (exact) mass is 420 g/mol. The zero-order valence-electron chi connectivity index (χ0n) is 18.9. The molecule has 1 aromatic rings. The Hall–Kier alpha value is -1.57.